The molecular formula is C14H12N2O4. The molecule has 0 fully saturated rings. The molecule has 0 aliphatic rings. The minimum atomic E-state index is -0.470. The maximum Gasteiger partial charge on any atom is 0.269 e. The molecule has 0 radical (unpaired) electrons. The molecule has 0 bridgehead atoms. The monoisotopic (exact) mass is 272 g/mol. The van der Waals surface area contributed by atoms with Gasteiger partial charge in [-0.1, -0.05) is 12.1 Å². The molecule has 1 amide bonds. The Balaban J connectivity index is 1.90. The zero-order chi connectivity index (χ0) is 14.4. The van der Waals surface area contributed by atoms with Crippen LogP contribution in [0.1, 0.15) is 11.3 Å². The number of benzene rings is 1. The van der Waals surface area contributed by atoms with Crippen LogP contribution in [0.5, 0.6) is 0 Å². The smallest absolute Gasteiger partial charge is 0.269 e. The maximum atomic E-state index is 11.6. The Labute approximate surface area is 114 Å². The second kappa shape index (κ2) is 6.33. The molecule has 2 aromatic rings. The number of hydrogen-bond donors (Lipinski definition) is 1. The molecule has 6 nitrogen and oxygen atoms in total. The third kappa shape index (κ3) is 3.81. The summed E-state index contributed by atoms with van der Waals surface area (Å²) in [7, 11) is 0. The van der Waals surface area contributed by atoms with Gasteiger partial charge in [-0.2, -0.15) is 0 Å². The number of carbonyl (C=O) groups is 1. The number of nitrogens with zero attached hydrogens (tertiary/aromatic N) is 1. The van der Waals surface area contributed by atoms with Gasteiger partial charge in [0.1, 0.15) is 5.76 Å². The average Bonchev–Trinajstić information content (AvgIpc) is 2.96. The van der Waals surface area contributed by atoms with Gasteiger partial charge >= 0.3 is 0 Å². The van der Waals surface area contributed by atoms with E-state index in [9.17, 15) is 14.9 Å². The number of amides is 1. The molecule has 0 unspecified atom stereocenters. The number of rotatable bonds is 5. The molecular weight excluding hydrogens is 260 g/mol. The van der Waals surface area contributed by atoms with Crippen molar-refractivity contribution in [1.82, 2.24) is 5.32 Å². The second-order valence-electron chi connectivity index (χ2n) is 3.99. The summed E-state index contributed by atoms with van der Waals surface area (Å²) >= 11 is 0. The summed E-state index contributed by atoms with van der Waals surface area (Å²) in [5.41, 5.74) is 0.668. The Morgan fingerprint density at radius 3 is 2.90 bits per heavy atom. The van der Waals surface area contributed by atoms with E-state index in [4.69, 9.17) is 4.42 Å². The molecule has 1 aromatic heterocycles. The Bertz CT molecular complexity index is 632. The highest BCUT2D eigenvalue weighted by Gasteiger charge is 2.05. The van der Waals surface area contributed by atoms with E-state index in [1.54, 1.807) is 30.3 Å². The molecule has 1 heterocycles. The van der Waals surface area contributed by atoms with Crippen LogP contribution in [0.25, 0.3) is 6.08 Å². The van der Waals surface area contributed by atoms with E-state index < -0.39 is 4.92 Å². The lowest BCUT2D eigenvalue weighted by Gasteiger charge is -2.02. The Morgan fingerprint density at radius 2 is 2.20 bits per heavy atom. The Hall–Kier alpha value is -2.89. The molecule has 0 saturated carbocycles. The molecule has 1 aromatic carbocycles. The standard InChI is InChI=1S/C14H12N2O4/c17-14(7-6-13-5-2-8-20-13)15-10-11-3-1-4-12(9-11)16(18)19/h1-9H,10H2,(H,15,17)/b7-6+. The number of non-ortho nitro benzene ring substituents is 1. The van der Waals surface area contributed by atoms with Crippen molar-refractivity contribution in [2.24, 2.45) is 0 Å². The molecule has 0 saturated heterocycles. The number of hydrogen-bond acceptors (Lipinski definition) is 4. The van der Waals surface area contributed by atoms with Gasteiger partial charge < -0.3 is 9.73 Å². The molecule has 1 N–H and O–H groups in total. The van der Waals surface area contributed by atoms with Crippen LogP contribution in [0.4, 0.5) is 5.69 Å². The lowest BCUT2D eigenvalue weighted by atomic mass is 10.2. The molecule has 0 aliphatic carbocycles. The van der Waals surface area contributed by atoms with Crippen molar-refractivity contribution in [1.29, 1.82) is 0 Å². The summed E-state index contributed by atoms with van der Waals surface area (Å²) in [4.78, 5) is 21.7. The zero-order valence-corrected chi connectivity index (χ0v) is 10.5. The van der Waals surface area contributed by atoms with E-state index in [0.29, 0.717) is 11.3 Å². The van der Waals surface area contributed by atoms with Crippen LogP contribution >= 0.6 is 0 Å². The number of nitro benzene ring substituents is 1. The van der Waals surface area contributed by atoms with E-state index in [0.717, 1.165) is 0 Å². The molecule has 102 valence electrons. The van der Waals surface area contributed by atoms with Crippen LogP contribution in [-0.4, -0.2) is 10.8 Å². The van der Waals surface area contributed by atoms with Crippen LogP contribution in [0, 0.1) is 10.1 Å². The first-order chi connectivity index (χ1) is 9.65. The van der Waals surface area contributed by atoms with Crippen molar-refractivity contribution in [2.75, 3.05) is 0 Å². The fraction of sp³-hybridized carbons (Fsp3) is 0.0714. The van der Waals surface area contributed by atoms with Gasteiger partial charge in [0.05, 0.1) is 11.2 Å². The highest BCUT2D eigenvalue weighted by Crippen LogP contribution is 2.12. The number of nitro groups is 1. The largest absolute Gasteiger partial charge is 0.465 e. The lowest BCUT2D eigenvalue weighted by molar-refractivity contribution is -0.384. The minimum Gasteiger partial charge on any atom is -0.465 e. The number of furan rings is 1. The predicted molar refractivity (Wildman–Crippen MR) is 72.7 cm³/mol. The van der Waals surface area contributed by atoms with Gasteiger partial charge in [-0.3, -0.25) is 14.9 Å². The summed E-state index contributed by atoms with van der Waals surface area (Å²) < 4.78 is 5.05. The number of carbonyl (C=O) groups excluding carboxylic acids is 1. The lowest BCUT2D eigenvalue weighted by Crippen LogP contribution is -2.20. The van der Waals surface area contributed by atoms with Gasteiger partial charge in [0.2, 0.25) is 5.91 Å². The summed E-state index contributed by atoms with van der Waals surface area (Å²) in [6.07, 6.45) is 4.40. The summed E-state index contributed by atoms with van der Waals surface area (Å²) in [5.74, 6) is 0.281. The van der Waals surface area contributed by atoms with Crippen molar-refractivity contribution in [2.45, 2.75) is 6.54 Å². The van der Waals surface area contributed by atoms with E-state index in [2.05, 4.69) is 5.32 Å². The summed E-state index contributed by atoms with van der Waals surface area (Å²) in [5, 5.41) is 13.3. The van der Waals surface area contributed by atoms with E-state index in [1.165, 1.54) is 24.5 Å². The van der Waals surface area contributed by atoms with Crippen molar-refractivity contribution >= 4 is 17.7 Å². The van der Waals surface area contributed by atoms with Crippen LogP contribution < -0.4 is 5.32 Å². The fourth-order valence-electron chi connectivity index (χ4n) is 1.57. The van der Waals surface area contributed by atoms with Gasteiger partial charge in [-0.05, 0) is 23.8 Å². The average molecular weight is 272 g/mol. The van der Waals surface area contributed by atoms with E-state index in [1.807, 2.05) is 0 Å². The van der Waals surface area contributed by atoms with Crippen molar-refractivity contribution in [3.8, 4) is 0 Å². The molecule has 6 heteroatoms. The second-order valence-corrected chi connectivity index (χ2v) is 3.99. The maximum absolute atomic E-state index is 11.6. The molecule has 0 aliphatic heterocycles. The number of nitrogens with one attached hydrogen (secondary N) is 1. The Kier molecular flexibility index (Phi) is 4.28. The SMILES string of the molecule is O=C(/C=C/c1ccco1)NCc1cccc([N+](=O)[O-])c1. The highest BCUT2D eigenvalue weighted by atomic mass is 16.6. The molecule has 2 rings (SSSR count). The van der Waals surface area contributed by atoms with E-state index >= 15 is 0 Å². The van der Waals surface area contributed by atoms with Crippen LogP contribution in [0.2, 0.25) is 0 Å². The summed E-state index contributed by atoms with van der Waals surface area (Å²) in [6.45, 7) is 0.225. The van der Waals surface area contributed by atoms with Crippen molar-refractivity contribution in [3.63, 3.8) is 0 Å². The van der Waals surface area contributed by atoms with Crippen molar-refractivity contribution < 1.29 is 14.1 Å². The molecule has 20 heavy (non-hydrogen) atoms. The topological polar surface area (TPSA) is 85.4 Å². The fourth-order valence-corrected chi connectivity index (χ4v) is 1.57. The van der Waals surface area contributed by atoms with Gasteiger partial charge in [-0.25, -0.2) is 0 Å². The van der Waals surface area contributed by atoms with Crippen LogP contribution in [-0.2, 0) is 11.3 Å². The van der Waals surface area contributed by atoms with E-state index in [-0.39, 0.29) is 18.1 Å². The molecule has 0 spiro atoms. The zero-order valence-electron chi connectivity index (χ0n) is 10.5. The normalized spacial score (nSPS) is 10.6. The first-order valence-corrected chi connectivity index (χ1v) is 5.88. The minimum absolute atomic E-state index is 0.00266. The first-order valence-electron chi connectivity index (χ1n) is 5.88. The van der Waals surface area contributed by atoms with Gasteiger partial charge in [0, 0.05) is 24.8 Å². The van der Waals surface area contributed by atoms with Gasteiger partial charge in [0.25, 0.3) is 5.69 Å². The first kappa shape index (κ1) is 13.5. The van der Waals surface area contributed by atoms with Gasteiger partial charge in [0.15, 0.2) is 0 Å². The van der Waals surface area contributed by atoms with Crippen LogP contribution in [0.15, 0.2) is 53.2 Å². The third-order valence-electron chi connectivity index (χ3n) is 2.53. The van der Waals surface area contributed by atoms with Gasteiger partial charge in [-0.15, -0.1) is 0 Å². The highest BCUT2D eigenvalue weighted by molar-refractivity contribution is 5.91. The summed E-state index contributed by atoms with van der Waals surface area (Å²) in [6, 6.07) is 9.57. The Morgan fingerprint density at radius 1 is 1.35 bits per heavy atom. The molecule has 0 atom stereocenters. The van der Waals surface area contributed by atoms with Crippen LogP contribution in [0.3, 0.4) is 0 Å². The quantitative estimate of drug-likeness (QED) is 0.515. The predicted octanol–water partition coefficient (Wildman–Crippen LogP) is 2.52. The third-order valence-corrected chi connectivity index (χ3v) is 2.53. The van der Waals surface area contributed by atoms with Crippen molar-refractivity contribution in [3.05, 3.63) is 70.2 Å².